The van der Waals surface area contributed by atoms with Gasteiger partial charge in [-0.15, -0.1) is 0 Å². The molecule has 0 aliphatic carbocycles. The van der Waals surface area contributed by atoms with Crippen molar-refractivity contribution in [1.82, 2.24) is 5.32 Å². The first-order valence-electron chi connectivity index (χ1n) is 10.3. The van der Waals surface area contributed by atoms with Gasteiger partial charge >= 0.3 is 0 Å². The summed E-state index contributed by atoms with van der Waals surface area (Å²) in [5.74, 6) is -0.305. The average Bonchev–Trinajstić information content (AvgIpc) is 2.76. The van der Waals surface area contributed by atoms with Crippen LogP contribution in [0.2, 0.25) is 5.02 Å². The molecule has 0 bridgehead atoms. The molecule has 0 aromatic heterocycles. The smallest absolute Gasteiger partial charge is 0.251 e. The van der Waals surface area contributed by atoms with Crippen LogP contribution >= 0.6 is 11.6 Å². The minimum absolute atomic E-state index is 0.0875. The van der Waals surface area contributed by atoms with E-state index in [0.717, 1.165) is 18.1 Å². The molecule has 34 heavy (non-hydrogen) atoms. The fourth-order valence-corrected chi connectivity index (χ4v) is 5.02. The second-order valence-electron chi connectivity index (χ2n) is 7.98. The van der Waals surface area contributed by atoms with Crippen LogP contribution in [0, 0.1) is 0 Å². The number of carbonyl (C=O) groups is 1. The number of rotatable bonds is 8. The zero-order valence-corrected chi connectivity index (χ0v) is 21.3. The SMILES string of the molecule is C[C@H](NC(=O)c1ccc(CN(c2cccc(Cl)c2)S(C)(=O)=O)cc1)c1ccc(S(C)(=O)=O)cc1. The molecule has 3 aromatic carbocycles. The van der Waals surface area contributed by atoms with E-state index in [9.17, 15) is 21.6 Å². The molecule has 180 valence electrons. The molecule has 0 saturated heterocycles. The molecule has 1 atom stereocenters. The summed E-state index contributed by atoms with van der Waals surface area (Å²) >= 11 is 6.02. The fourth-order valence-electron chi connectivity index (χ4n) is 3.33. The van der Waals surface area contributed by atoms with Gasteiger partial charge in [0.1, 0.15) is 0 Å². The van der Waals surface area contributed by atoms with E-state index in [0.29, 0.717) is 21.8 Å². The minimum Gasteiger partial charge on any atom is -0.346 e. The van der Waals surface area contributed by atoms with Crippen molar-refractivity contribution >= 4 is 43.1 Å². The van der Waals surface area contributed by atoms with Crippen LogP contribution in [-0.2, 0) is 26.4 Å². The number of sulfone groups is 1. The number of halogens is 1. The number of amides is 1. The van der Waals surface area contributed by atoms with Crippen molar-refractivity contribution in [1.29, 1.82) is 0 Å². The maximum Gasteiger partial charge on any atom is 0.251 e. The van der Waals surface area contributed by atoms with Gasteiger partial charge < -0.3 is 5.32 Å². The number of nitrogens with one attached hydrogen (secondary N) is 1. The van der Waals surface area contributed by atoms with Gasteiger partial charge in [-0.2, -0.15) is 0 Å². The van der Waals surface area contributed by atoms with Crippen molar-refractivity contribution in [2.24, 2.45) is 0 Å². The lowest BCUT2D eigenvalue weighted by atomic mass is 10.1. The quantitative estimate of drug-likeness (QED) is 0.479. The summed E-state index contributed by atoms with van der Waals surface area (Å²) in [6, 6.07) is 19.2. The molecule has 0 aliphatic heterocycles. The highest BCUT2D eigenvalue weighted by Gasteiger charge is 2.19. The monoisotopic (exact) mass is 520 g/mol. The molecule has 7 nitrogen and oxygen atoms in total. The van der Waals surface area contributed by atoms with Crippen molar-refractivity contribution in [2.75, 3.05) is 16.8 Å². The van der Waals surface area contributed by atoms with Gasteiger partial charge in [0, 0.05) is 16.8 Å². The summed E-state index contributed by atoms with van der Waals surface area (Å²) in [5, 5.41) is 3.31. The van der Waals surface area contributed by atoms with Crippen molar-refractivity contribution < 1.29 is 21.6 Å². The molecule has 0 heterocycles. The van der Waals surface area contributed by atoms with Gasteiger partial charge in [0.2, 0.25) is 10.0 Å². The first kappa shape index (κ1) is 25.7. The van der Waals surface area contributed by atoms with Gasteiger partial charge in [-0.1, -0.05) is 41.9 Å². The summed E-state index contributed by atoms with van der Waals surface area (Å²) in [6.45, 7) is 1.89. The van der Waals surface area contributed by atoms with Crippen LogP contribution in [0.4, 0.5) is 5.69 Å². The van der Waals surface area contributed by atoms with E-state index in [-0.39, 0.29) is 23.4 Å². The van der Waals surface area contributed by atoms with Crippen LogP contribution in [0.5, 0.6) is 0 Å². The number of anilines is 1. The topological polar surface area (TPSA) is 101 Å². The van der Waals surface area contributed by atoms with Crippen molar-refractivity contribution in [3.8, 4) is 0 Å². The molecule has 0 fully saturated rings. The predicted octanol–water partition coefficient (Wildman–Crippen LogP) is 4.20. The molecule has 3 rings (SSSR count). The Morgan fingerprint density at radius 2 is 1.56 bits per heavy atom. The normalized spacial score (nSPS) is 12.7. The summed E-state index contributed by atoms with van der Waals surface area (Å²) in [6.07, 6.45) is 2.26. The zero-order chi connectivity index (χ0) is 25.1. The van der Waals surface area contributed by atoms with Crippen molar-refractivity contribution in [3.05, 3.63) is 94.5 Å². The van der Waals surface area contributed by atoms with Gasteiger partial charge in [0.05, 0.1) is 29.4 Å². The molecule has 10 heteroatoms. The van der Waals surface area contributed by atoms with Crippen LogP contribution in [0.25, 0.3) is 0 Å². The summed E-state index contributed by atoms with van der Waals surface area (Å²) in [4.78, 5) is 12.9. The van der Waals surface area contributed by atoms with Crippen molar-refractivity contribution in [3.63, 3.8) is 0 Å². The van der Waals surface area contributed by atoms with Crippen molar-refractivity contribution in [2.45, 2.75) is 24.4 Å². The Bertz CT molecular complexity index is 1390. The van der Waals surface area contributed by atoms with Gasteiger partial charge in [-0.3, -0.25) is 9.10 Å². The van der Waals surface area contributed by atoms with Crippen LogP contribution in [0.1, 0.15) is 34.5 Å². The minimum atomic E-state index is -3.56. The molecule has 0 unspecified atom stereocenters. The van der Waals surface area contributed by atoms with Crippen LogP contribution < -0.4 is 9.62 Å². The molecule has 0 aliphatic rings. The molecular formula is C24H25ClN2O5S2. The van der Waals surface area contributed by atoms with E-state index >= 15 is 0 Å². The molecule has 1 N–H and O–H groups in total. The lowest BCUT2D eigenvalue weighted by molar-refractivity contribution is 0.0940. The number of carbonyl (C=O) groups excluding carboxylic acids is 1. The summed E-state index contributed by atoms with van der Waals surface area (Å²) < 4.78 is 49.1. The number of nitrogens with zero attached hydrogens (tertiary/aromatic N) is 1. The summed E-state index contributed by atoms with van der Waals surface area (Å²) in [7, 11) is -6.85. The Hall–Kier alpha value is -2.88. The maximum absolute atomic E-state index is 12.7. The Balaban J connectivity index is 1.71. The zero-order valence-electron chi connectivity index (χ0n) is 18.9. The Morgan fingerprint density at radius 3 is 2.09 bits per heavy atom. The van der Waals surface area contributed by atoms with E-state index in [1.165, 1.54) is 16.4 Å². The van der Waals surface area contributed by atoms with Crippen LogP contribution in [0.3, 0.4) is 0 Å². The van der Waals surface area contributed by atoms with Gasteiger partial charge in [-0.25, -0.2) is 16.8 Å². The van der Waals surface area contributed by atoms with Gasteiger partial charge in [-0.05, 0) is 60.5 Å². The summed E-state index contributed by atoms with van der Waals surface area (Å²) in [5.41, 5.74) is 2.33. The highest BCUT2D eigenvalue weighted by Crippen LogP contribution is 2.24. The Labute approximate surface area is 205 Å². The Morgan fingerprint density at radius 1 is 0.941 bits per heavy atom. The largest absolute Gasteiger partial charge is 0.346 e. The second kappa shape index (κ2) is 10.2. The third kappa shape index (κ3) is 6.59. The van der Waals surface area contributed by atoms with Gasteiger partial charge in [0.15, 0.2) is 9.84 Å². The van der Waals surface area contributed by atoms with Crippen LogP contribution in [-0.4, -0.2) is 35.3 Å². The number of hydrogen-bond acceptors (Lipinski definition) is 5. The molecule has 1 amide bonds. The molecule has 0 spiro atoms. The highest BCUT2D eigenvalue weighted by atomic mass is 35.5. The van der Waals surface area contributed by atoms with E-state index in [4.69, 9.17) is 11.6 Å². The van der Waals surface area contributed by atoms with Crippen LogP contribution in [0.15, 0.2) is 77.7 Å². The first-order chi connectivity index (χ1) is 15.8. The highest BCUT2D eigenvalue weighted by molar-refractivity contribution is 7.92. The van der Waals surface area contributed by atoms with E-state index in [2.05, 4.69) is 5.32 Å². The third-order valence-electron chi connectivity index (χ3n) is 5.19. The lowest BCUT2D eigenvalue weighted by Crippen LogP contribution is -2.29. The Kier molecular flexibility index (Phi) is 7.70. The molecule has 3 aromatic rings. The number of benzene rings is 3. The number of sulfonamides is 1. The fraction of sp³-hybridized carbons (Fsp3) is 0.208. The lowest BCUT2D eigenvalue weighted by Gasteiger charge is -2.23. The maximum atomic E-state index is 12.7. The average molecular weight is 521 g/mol. The van der Waals surface area contributed by atoms with E-state index < -0.39 is 19.9 Å². The standard InChI is InChI=1S/C24H25ClN2O5S2/c1-17(19-11-13-23(14-12-19)33(2,29)30)26-24(28)20-9-7-18(8-10-20)16-27(34(3,31)32)22-6-4-5-21(25)15-22/h4-15,17H,16H2,1-3H3,(H,26,28)/t17-/m0/s1. The van der Waals surface area contributed by atoms with E-state index in [1.807, 2.05) is 0 Å². The second-order valence-corrected chi connectivity index (χ2v) is 12.3. The molecule has 0 saturated carbocycles. The molecule has 0 radical (unpaired) electrons. The van der Waals surface area contributed by atoms with E-state index in [1.54, 1.807) is 67.6 Å². The third-order valence-corrected chi connectivity index (χ3v) is 7.70. The molecular weight excluding hydrogens is 496 g/mol. The first-order valence-corrected chi connectivity index (χ1v) is 14.4. The predicted molar refractivity (Wildman–Crippen MR) is 134 cm³/mol. The van der Waals surface area contributed by atoms with Gasteiger partial charge in [0.25, 0.3) is 5.91 Å². The number of hydrogen-bond donors (Lipinski definition) is 1.